The minimum absolute atomic E-state index is 0.125. The van der Waals surface area contributed by atoms with Crippen LogP contribution in [0.25, 0.3) is 0 Å². The second-order valence-electron chi connectivity index (χ2n) is 6.93. The Bertz CT molecular complexity index is 958. The van der Waals surface area contributed by atoms with Crippen LogP contribution in [0.1, 0.15) is 50.2 Å². The maximum Gasteiger partial charge on any atom is 0.279 e. The molecule has 0 saturated heterocycles. The summed E-state index contributed by atoms with van der Waals surface area (Å²) in [4.78, 5) is 29.6. The molecule has 0 fully saturated rings. The van der Waals surface area contributed by atoms with Crippen LogP contribution >= 0.6 is 11.8 Å². The topological polar surface area (TPSA) is 82.5 Å². The van der Waals surface area contributed by atoms with Crippen LogP contribution in [0.2, 0.25) is 0 Å². The Balaban J connectivity index is 2.06. The molecule has 1 aromatic heterocycles. The van der Waals surface area contributed by atoms with Crippen LogP contribution in [0.4, 0.5) is 5.82 Å². The molecule has 1 amide bonds. The molecule has 0 spiro atoms. The van der Waals surface area contributed by atoms with Crippen molar-refractivity contribution in [1.29, 1.82) is 0 Å². The van der Waals surface area contributed by atoms with E-state index in [2.05, 4.69) is 17.2 Å². The van der Waals surface area contributed by atoms with E-state index in [0.29, 0.717) is 34.6 Å². The lowest BCUT2D eigenvalue weighted by Crippen LogP contribution is -2.33. The zero-order valence-corrected chi connectivity index (χ0v) is 18.1. The molecule has 156 valence electrons. The lowest BCUT2D eigenvalue weighted by Gasteiger charge is -2.28. The van der Waals surface area contributed by atoms with Gasteiger partial charge in [-0.1, -0.05) is 31.7 Å². The molecule has 1 atom stereocenters. The van der Waals surface area contributed by atoms with Gasteiger partial charge in [0.25, 0.3) is 5.56 Å². The SMILES string of the molecule is CCCOc1ccc([C@@H]2CC(=O)Nc3c2c(=O)nc(SCCC)n3C)cc1OC. The molecule has 1 aliphatic rings. The highest BCUT2D eigenvalue weighted by Gasteiger charge is 2.32. The monoisotopic (exact) mass is 417 g/mol. The van der Waals surface area contributed by atoms with Crippen LogP contribution < -0.4 is 20.3 Å². The number of carbonyl (C=O) groups excluding carboxylic acids is 1. The molecule has 0 saturated carbocycles. The number of amides is 1. The minimum Gasteiger partial charge on any atom is -0.493 e. The number of benzene rings is 1. The van der Waals surface area contributed by atoms with E-state index in [1.54, 1.807) is 11.7 Å². The number of nitrogens with one attached hydrogen (secondary N) is 1. The summed E-state index contributed by atoms with van der Waals surface area (Å²) >= 11 is 1.51. The standard InChI is InChI=1S/C21H27N3O4S/c1-5-9-28-15-8-7-13(11-16(15)27-4)14-12-17(25)22-19-18(14)20(26)23-21(24(19)3)29-10-6-2/h7-8,11,14H,5-6,9-10,12H2,1-4H3,(H,22,25)/t14-/m0/s1. The molecule has 1 aliphatic heterocycles. The molecule has 0 bridgehead atoms. The first-order chi connectivity index (χ1) is 14.0. The summed E-state index contributed by atoms with van der Waals surface area (Å²) in [5.74, 6) is 2.10. The number of ether oxygens (including phenoxy) is 2. The van der Waals surface area contributed by atoms with E-state index in [1.165, 1.54) is 11.8 Å². The van der Waals surface area contributed by atoms with E-state index in [9.17, 15) is 9.59 Å². The molecule has 0 radical (unpaired) electrons. The van der Waals surface area contributed by atoms with Crippen molar-refractivity contribution < 1.29 is 14.3 Å². The fourth-order valence-corrected chi connectivity index (χ4v) is 4.19. The highest BCUT2D eigenvalue weighted by Crippen LogP contribution is 2.39. The Kier molecular flexibility index (Phi) is 6.84. The van der Waals surface area contributed by atoms with Crippen molar-refractivity contribution in [2.45, 2.75) is 44.2 Å². The van der Waals surface area contributed by atoms with Crippen LogP contribution in [0.5, 0.6) is 11.5 Å². The fraction of sp³-hybridized carbons (Fsp3) is 0.476. The lowest BCUT2D eigenvalue weighted by molar-refractivity contribution is -0.116. The third-order valence-electron chi connectivity index (χ3n) is 4.79. The number of rotatable bonds is 8. The van der Waals surface area contributed by atoms with Crippen molar-refractivity contribution in [3.8, 4) is 11.5 Å². The zero-order chi connectivity index (χ0) is 21.0. The molecule has 8 heteroatoms. The van der Waals surface area contributed by atoms with Gasteiger partial charge in [-0.15, -0.1) is 0 Å². The van der Waals surface area contributed by atoms with Crippen molar-refractivity contribution in [2.75, 3.05) is 24.8 Å². The Morgan fingerprint density at radius 1 is 1.24 bits per heavy atom. The van der Waals surface area contributed by atoms with Crippen molar-refractivity contribution in [1.82, 2.24) is 9.55 Å². The van der Waals surface area contributed by atoms with Crippen LogP contribution in [-0.4, -0.2) is 34.9 Å². The van der Waals surface area contributed by atoms with Gasteiger partial charge < -0.3 is 19.4 Å². The largest absolute Gasteiger partial charge is 0.493 e. The highest BCUT2D eigenvalue weighted by molar-refractivity contribution is 7.99. The number of aromatic nitrogens is 2. The number of fused-ring (bicyclic) bond motifs is 1. The van der Waals surface area contributed by atoms with Gasteiger partial charge in [-0.25, -0.2) is 0 Å². The number of nitrogens with zero attached hydrogens (tertiary/aromatic N) is 2. The van der Waals surface area contributed by atoms with Gasteiger partial charge in [-0.3, -0.25) is 9.59 Å². The average Bonchev–Trinajstić information content (AvgIpc) is 2.72. The van der Waals surface area contributed by atoms with Crippen LogP contribution in [-0.2, 0) is 11.8 Å². The Labute approximate surface area is 174 Å². The van der Waals surface area contributed by atoms with Gasteiger partial charge >= 0.3 is 0 Å². The van der Waals surface area contributed by atoms with Crippen molar-refractivity contribution in [2.24, 2.45) is 7.05 Å². The number of thioether (sulfide) groups is 1. The molecule has 3 rings (SSSR count). The second kappa shape index (κ2) is 9.35. The van der Waals surface area contributed by atoms with E-state index in [-0.39, 0.29) is 23.8 Å². The first kappa shape index (κ1) is 21.2. The Hall–Kier alpha value is -2.48. The smallest absolute Gasteiger partial charge is 0.279 e. The van der Waals surface area contributed by atoms with E-state index in [1.807, 2.05) is 32.2 Å². The maximum absolute atomic E-state index is 12.9. The van der Waals surface area contributed by atoms with Gasteiger partial charge in [0, 0.05) is 25.1 Å². The van der Waals surface area contributed by atoms with Gasteiger partial charge in [-0.2, -0.15) is 4.98 Å². The van der Waals surface area contributed by atoms with Gasteiger partial charge in [0.05, 0.1) is 19.3 Å². The lowest BCUT2D eigenvalue weighted by atomic mass is 9.86. The van der Waals surface area contributed by atoms with Gasteiger partial charge in [-0.05, 0) is 30.5 Å². The van der Waals surface area contributed by atoms with E-state index >= 15 is 0 Å². The van der Waals surface area contributed by atoms with E-state index < -0.39 is 0 Å². The summed E-state index contributed by atoms with van der Waals surface area (Å²) in [5.41, 5.74) is 1.04. The summed E-state index contributed by atoms with van der Waals surface area (Å²) in [5, 5.41) is 3.48. The molecule has 2 heterocycles. The second-order valence-corrected chi connectivity index (χ2v) is 8.00. The van der Waals surface area contributed by atoms with Crippen molar-refractivity contribution in [3.05, 3.63) is 39.7 Å². The summed E-state index contributed by atoms with van der Waals surface area (Å²) in [6.45, 7) is 4.70. The van der Waals surface area contributed by atoms with Crippen molar-refractivity contribution >= 4 is 23.5 Å². The first-order valence-electron chi connectivity index (χ1n) is 9.84. The van der Waals surface area contributed by atoms with Gasteiger partial charge in [0.15, 0.2) is 16.7 Å². The summed E-state index contributed by atoms with van der Waals surface area (Å²) < 4.78 is 13.0. The van der Waals surface area contributed by atoms with E-state index in [0.717, 1.165) is 24.2 Å². The molecular weight excluding hydrogens is 390 g/mol. The Morgan fingerprint density at radius 3 is 2.72 bits per heavy atom. The summed E-state index contributed by atoms with van der Waals surface area (Å²) in [6, 6.07) is 5.57. The first-order valence-corrected chi connectivity index (χ1v) is 10.8. The van der Waals surface area contributed by atoms with E-state index in [4.69, 9.17) is 9.47 Å². The molecule has 2 aromatic rings. The number of hydrogen-bond acceptors (Lipinski definition) is 6. The number of carbonyl (C=O) groups is 1. The van der Waals surface area contributed by atoms with Crippen molar-refractivity contribution in [3.63, 3.8) is 0 Å². The predicted molar refractivity (Wildman–Crippen MR) is 114 cm³/mol. The van der Waals surface area contributed by atoms with Crippen LogP contribution in [0, 0.1) is 0 Å². The van der Waals surface area contributed by atoms with Crippen LogP contribution in [0.3, 0.4) is 0 Å². The number of methoxy groups -OCH3 is 1. The molecule has 1 aromatic carbocycles. The normalized spacial score (nSPS) is 15.6. The predicted octanol–water partition coefficient (Wildman–Crippen LogP) is 3.55. The fourth-order valence-electron chi connectivity index (χ4n) is 3.37. The Morgan fingerprint density at radius 2 is 2.03 bits per heavy atom. The molecule has 0 aliphatic carbocycles. The number of hydrogen-bond donors (Lipinski definition) is 1. The highest BCUT2D eigenvalue weighted by atomic mass is 32.2. The molecule has 1 N–H and O–H groups in total. The third-order valence-corrected chi connectivity index (χ3v) is 6.02. The average molecular weight is 418 g/mol. The van der Waals surface area contributed by atoms with Gasteiger partial charge in [0.2, 0.25) is 5.91 Å². The number of anilines is 1. The summed E-state index contributed by atoms with van der Waals surface area (Å²) in [6.07, 6.45) is 2.05. The molecule has 0 unspecified atom stereocenters. The molecular formula is C21H27N3O4S. The van der Waals surface area contributed by atoms with Gasteiger partial charge in [0.1, 0.15) is 5.82 Å². The zero-order valence-electron chi connectivity index (χ0n) is 17.3. The quantitative estimate of drug-likeness (QED) is 0.522. The maximum atomic E-state index is 12.9. The molecule has 7 nitrogen and oxygen atoms in total. The third kappa shape index (κ3) is 4.42. The minimum atomic E-state index is -0.385. The molecule has 29 heavy (non-hydrogen) atoms. The summed E-state index contributed by atoms with van der Waals surface area (Å²) in [7, 11) is 3.41. The van der Waals surface area contributed by atoms with Crippen LogP contribution in [0.15, 0.2) is 28.2 Å².